The predicted octanol–water partition coefficient (Wildman–Crippen LogP) is 4.27. The Morgan fingerprint density at radius 2 is 2.00 bits per heavy atom. The molecule has 18 heavy (non-hydrogen) atoms. The van der Waals surface area contributed by atoms with E-state index < -0.39 is 0 Å². The molecule has 2 heteroatoms. The Morgan fingerprint density at radius 1 is 1.22 bits per heavy atom. The predicted molar refractivity (Wildman–Crippen MR) is 79.1 cm³/mol. The van der Waals surface area contributed by atoms with Gasteiger partial charge in [0, 0.05) is 19.0 Å². The molecule has 100 valence electrons. The van der Waals surface area contributed by atoms with Crippen molar-refractivity contribution in [3.63, 3.8) is 0 Å². The summed E-state index contributed by atoms with van der Waals surface area (Å²) in [6, 6.07) is 8.71. The largest absolute Gasteiger partial charge is 0.312 e. The van der Waals surface area contributed by atoms with E-state index in [1.165, 1.54) is 43.2 Å². The summed E-state index contributed by atoms with van der Waals surface area (Å²) in [5.41, 5.74) is 3.05. The van der Waals surface area contributed by atoms with Crippen LogP contribution in [0.25, 0.3) is 0 Å². The molecule has 0 unspecified atom stereocenters. The molecule has 1 aliphatic rings. The summed E-state index contributed by atoms with van der Waals surface area (Å²) in [4.78, 5) is 0. The first-order valence-corrected chi connectivity index (χ1v) is 7.60. The van der Waals surface area contributed by atoms with Crippen LogP contribution < -0.4 is 5.32 Å². The van der Waals surface area contributed by atoms with Gasteiger partial charge in [-0.3, -0.25) is 0 Å². The Labute approximate surface area is 116 Å². The molecule has 1 fully saturated rings. The molecule has 0 atom stereocenters. The summed E-state index contributed by atoms with van der Waals surface area (Å²) in [6.07, 6.45) is 6.66. The molecule has 1 nitrogen and oxygen atoms in total. The Hall–Kier alpha value is -0.530. The van der Waals surface area contributed by atoms with Crippen LogP contribution in [-0.2, 0) is 6.54 Å². The molecule has 0 aromatic heterocycles. The molecular weight excluding hydrogens is 242 g/mol. The SMILES string of the molecule is Cc1cccc(CNCC2(CCl)CCCCC2)c1. The van der Waals surface area contributed by atoms with Gasteiger partial charge in [-0.15, -0.1) is 11.6 Å². The third-order valence-electron chi connectivity index (χ3n) is 4.11. The third-order valence-corrected chi connectivity index (χ3v) is 4.68. The topological polar surface area (TPSA) is 12.0 Å². The molecular formula is C16H24ClN. The lowest BCUT2D eigenvalue weighted by Crippen LogP contribution is -2.37. The number of nitrogens with one attached hydrogen (secondary N) is 1. The van der Waals surface area contributed by atoms with Crippen LogP contribution in [-0.4, -0.2) is 12.4 Å². The fourth-order valence-corrected chi connectivity index (χ4v) is 3.32. The van der Waals surface area contributed by atoms with E-state index in [1.807, 2.05) is 0 Å². The summed E-state index contributed by atoms with van der Waals surface area (Å²) in [5, 5.41) is 3.61. The van der Waals surface area contributed by atoms with Gasteiger partial charge >= 0.3 is 0 Å². The van der Waals surface area contributed by atoms with Crippen LogP contribution in [0.1, 0.15) is 43.2 Å². The van der Waals surface area contributed by atoms with Crippen molar-refractivity contribution in [2.45, 2.75) is 45.6 Å². The van der Waals surface area contributed by atoms with Gasteiger partial charge in [-0.05, 0) is 30.7 Å². The zero-order valence-corrected chi connectivity index (χ0v) is 12.1. The molecule has 0 aliphatic heterocycles. The van der Waals surface area contributed by atoms with E-state index >= 15 is 0 Å². The average molecular weight is 266 g/mol. The minimum absolute atomic E-state index is 0.351. The van der Waals surface area contributed by atoms with E-state index in [1.54, 1.807) is 0 Å². The second kappa shape index (κ2) is 6.58. The smallest absolute Gasteiger partial charge is 0.0292 e. The molecule has 0 heterocycles. The van der Waals surface area contributed by atoms with Gasteiger partial charge in [0.05, 0.1) is 0 Å². The maximum atomic E-state index is 6.20. The number of alkyl halides is 1. The van der Waals surface area contributed by atoms with E-state index in [4.69, 9.17) is 11.6 Å². The van der Waals surface area contributed by atoms with E-state index in [9.17, 15) is 0 Å². The third kappa shape index (κ3) is 3.73. The number of hydrogen-bond donors (Lipinski definition) is 1. The Bertz CT molecular complexity index is 369. The lowest BCUT2D eigenvalue weighted by atomic mass is 9.75. The maximum absolute atomic E-state index is 6.20. The van der Waals surface area contributed by atoms with Crippen LogP contribution in [0.2, 0.25) is 0 Å². The van der Waals surface area contributed by atoms with E-state index in [-0.39, 0.29) is 0 Å². The van der Waals surface area contributed by atoms with Crippen molar-refractivity contribution in [1.29, 1.82) is 0 Å². The van der Waals surface area contributed by atoms with Gasteiger partial charge in [0.1, 0.15) is 0 Å². The van der Waals surface area contributed by atoms with Crippen LogP contribution in [0.3, 0.4) is 0 Å². The van der Waals surface area contributed by atoms with Gasteiger partial charge in [0.25, 0.3) is 0 Å². The molecule has 1 N–H and O–H groups in total. The quantitative estimate of drug-likeness (QED) is 0.784. The van der Waals surface area contributed by atoms with E-state index in [2.05, 4.69) is 36.5 Å². The van der Waals surface area contributed by atoms with Crippen molar-refractivity contribution in [1.82, 2.24) is 5.32 Å². The fourth-order valence-electron chi connectivity index (χ4n) is 2.95. The van der Waals surface area contributed by atoms with Gasteiger partial charge in [-0.25, -0.2) is 0 Å². The zero-order chi connectivity index (χ0) is 12.8. The van der Waals surface area contributed by atoms with E-state index in [0.29, 0.717) is 5.41 Å². The molecule has 0 saturated heterocycles. The zero-order valence-electron chi connectivity index (χ0n) is 11.3. The Morgan fingerprint density at radius 3 is 2.67 bits per heavy atom. The molecule has 0 amide bonds. The van der Waals surface area contributed by atoms with Crippen LogP contribution in [0.4, 0.5) is 0 Å². The number of hydrogen-bond acceptors (Lipinski definition) is 1. The number of halogens is 1. The van der Waals surface area contributed by atoms with Crippen molar-refractivity contribution in [3.8, 4) is 0 Å². The van der Waals surface area contributed by atoms with Crippen LogP contribution in [0.15, 0.2) is 24.3 Å². The highest BCUT2D eigenvalue weighted by Gasteiger charge is 2.30. The second-order valence-electron chi connectivity index (χ2n) is 5.79. The molecule has 1 aromatic rings. The second-order valence-corrected chi connectivity index (χ2v) is 6.05. The van der Waals surface area contributed by atoms with Crippen LogP contribution in [0.5, 0.6) is 0 Å². The maximum Gasteiger partial charge on any atom is 0.0292 e. The summed E-state index contributed by atoms with van der Waals surface area (Å²) < 4.78 is 0. The monoisotopic (exact) mass is 265 g/mol. The molecule has 0 radical (unpaired) electrons. The van der Waals surface area contributed by atoms with Crippen molar-refractivity contribution in [3.05, 3.63) is 35.4 Å². The number of benzene rings is 1. The summed E-state index contributed by atoms with van der Waals surface area (Å²) in [6.45, 7) is 4.16. The molecule has 2 rings (SSSR count). The number of aryl methyl sites for hydroxylation is 1. The van der Waals surface area contributed by atoms with Crippen molar-refractivity contribution in [2.75, 3.05) is 12.4 Å². The van der Waals surface area contributed by atoms with Crippen LogP contribution >= 0.6 is 11.6 Å². The lowest BCUT2D eigenvalue weighted by molar-refractivity contribution is 0.212. The van der Waals surface area contributed by atoms with E-state index in [0.717, 1.165) is 19.0 Å². The first kappa shape index (κ1) is 13.9. The summed E-state index contributed by atoms with van der Waals surface area (Å²) in [7, 11) is 0. The molecule has 1 saturated carbocycles. The Kier molecular flexibility index (Phi) is 5.08. The van der Waals surface area contributed by atoms with Gasteiger partial charge in [-0.2, -0.15) is 0 Å². The van der Waals surface area contributed by atoms with Crippen molar-refractivity contribution >= 4 is 11.6 Å². The highest BCUT2D eigenvalue weighted by atomic mass is 35.5. The molecule has 0 spiro atoms. The fraction of sp³-hybridized carbons (Fsp3) is 0.625. The van der Waals surface area contributed by atoms with Crippen molar-refractivity contribution in [2.24, 2.45) is 5.41 Å². The Balaban J connectivity index is 1.83. The minimum Gasteiger partial charge on any atom is -0.312 e. The standard InChI is InChI=1S/C16H24ClN/c1-14-6-5-7-15(10-14)11-18-13-16(12-17)8-3-2-4-9-16/h5-7,10,18H,2-4,8-9,11-13H2,1H3. The summed E-state index contributed by atoms with van der Waals surface area (Å²) >= 11 is 6.20. The molecule has 1 aliphatic carbocycles. The average Bonchev–Trinajstić information content (AvgIpc) is 2.40. The summed E-state index contributed by atoms with van der Waals surface area (Å²) in [5.74, 6) is 0.799. The highest BCUT2D eigenvalue weighted by molar-refractivity contribution is 6.18. The van der Waals surface area contributed by atoms with Gasteiger partial charge in [0.2, 0.25) is 0 Å². The van der Waals surface area contributed by atoms with Gasteiger partial charge in [-0.1, -0.05) is 49.1 Å². The minimum atomic E-state index is 0.351. The molecule has 0 bridgehead atoms. The first-order chi connectivity index (χ1) is 8.74. The van der Waals surface area contributed by atoms with Gasteiger partial charge in [0.15, 0.2) is 0 Å². The molecule has 1 aromatic carbocycles. The lowest BCUT2D eigenvalue weighted by Gasteiger charge is -2.35. The number of rotatable bonds is 5. The normalized spacial score (nSPS) is 18.8. The van der Waals surface area contributed by atoms with Crippen molar-refractivity contribution < 1.29 is 0 Å². The first-order valence-electron chi connectivity index (χ1n) is 7.06. The van der Waals surface area contributed by atoms with Gasteiger partial charge < -0.3 is 5.32 Å². The van der Waals surface area contributed by atoms with Crippen LogP contribution in [0, 0.1) is 12.3 Å². The highest BCUT2D eigenvalue weighted by Crippen LogP contribution is 2.36.